The van der Waals surface area contributed by atoms with Crippen LogP contribution >= 0.6 is 0 Å². The Labute approximate surface area is 254 Å². The Hall–Kier alpha value is -5.14. The predicted octanol–water partition coefficient (Wildman–Crippen LogP) is 11.0. The monoisotopic (exact) mass is 551 g/mol. The van der Waals surface area contributed by atoms with E-state index in [1.807, 2.05) is 0 Å². The molecule has 43 heavy (non-hydrogen) atoms. The third-order valence-corrected chi connectivity index (χ3v) is 9.31. The predicted molar refractivity (Wildman–Crippen MR) is 184 cm³/mol. The number of anilines is 2. The van der Waals surface area contributed by atoms with Crippen LogP contribution in [0.3, 0.4) is 0 Å². The van der Waals surface area contributed by atoms with Crippen molar-refractivity contribution in [2.75, 3.05) is 5.32 Å². The van der Waals surface area contributed by atoms with Crippen LogP contribution in [0, 0.1) is 0 Å². The van der Waals surface area contributed by atoms with E-state index in [0.717, 1.165) is 17.8 Å². The van der Waals surface area contributed by atoms with E-state index >= 15 is 0 Å². The molecule has 5 aromatic rings. The maximum Gasteiger partial charge on any atom is 0.0464 e. The first-order valence-corrected chi connectivity index (χ1v) is 15.2. The van der Waals surface area contributed by atoms with Gasteiger partial charge in [-0.25, -0.2) is 0 Å². The van der Waals surface area contributed by atoms with Crippen LogP contribution in [0.2, 0.25) is 0 Å². The molecule has 1 heteroatoms. The highest BCUT2D eigenvalue weighted by Crippen LogP contribution is 2.52. The van der Waals surface area contributed by atoms with E-state index in [4.69, 9.17) is 0 Å². The van der Waals surface area contributed by atoms with E-state index in [0.29, 0.717) is 0 Å². The quantitative estimate of drug-likeness (QED) is 0.235. The molecule has 1 N–H and O–H groups in total. The molecule has 0 radical (unpaired) electrons. The zero-order valence-electron chi connectivity index (χ0n) is 24.6. The van der Waals surface area contributed by atoms with Gasteiger partial charge < -0.3 is 5.32 Å². The lowest BCUT2D eigenvalue weighted by molar-refractivity contribution is 0.653. The zero-order chi connectivity index (χ0) is 29.0. The van der Waals surface area contributed by atoms with Crippen molar-refractivity contribution >= 4 is 29.1 Å². The molecule has 0 saturated heterocycles. The number of hydrogen-bond acceptors (Lipinski definition) is 1. The van der Waals surface area contributed by atoms with Gasteiger partial charge in [-0.2, -0.15) is 0 Å². The normalized spacial score (nSPS) is 16.7. The molecule has 8 rings (SSSR count). The Bertz CT molecular complexity index is 2050. The summed E-state index contributed by atoms with van der Waals surface area (Å²) in [6.07, 6.45) is 16.4. The number of benzene rings is 5. The molecular formula is C42H33N. The van der Waals surface area contributed by atoms with Gasteiger partial charge in [0.05, 0.1) is 0 Å². The largest absolute Gasteiger partial charge is 0.355 e. The molecule has 0 spiro atoms. The molecule has 3 aliphatic carbocycles. The zero-order valence-corrected chi connectivity index (χ0v) is 24.6. The summed E-state index contributed by atoms with van der Waals surface area (Å²) in [4.78, 5) is 0. The van der Waals surface area contributed by atoms with Crippen LogP contribution in [0.1, 0.15) is 52.8 Å². The van der Waals surface area contributed by atoms with Crippen molar-refractivity contribution in [1.29, 1.82) is 0 Å². The molecule has 0 amide bonds. The summed E-state index contributed by atoms with van der Waals surface area (Å²) in [7, 11) is 0. The minimum Gasteiger partial charge on any atom is -0.355 e. The number of fused-ring (bicyclic) bond motifs is 9. The van der Waals surface area contributed by atoms with Crippen molar-refractivity contribution in [3.63, 3.8) is 0 Å². The Morgan fingerprint density at radius 3 is 2.19 bits per heavy atom. The molecule has 1 nitrogen and oxygen atoms in total. The molecule has 206 valence electrons. The SMILES string of the molecule is CC1(C)c2ccccc2-c2ccc3c(c21)CC=CC=C3c1ccccc1Nc1ccc2cc1/C=C\C=C\c1ccccc1-2. The van der Waals surface area contributed by atoms with Gasteiger partial charge in [-0.1, -0.05) is 141 Å². The Morgan fingerprint density at radius 1 is 0.581 bits per heavy atom. The minimum atomic E-state index is -0.0436. The second-order valence-corrected chi connectivity index (χ2v) is 12.2. The highest BCUT2D eigenvalue weighted by atomic mass is 14.9. The minimum absolute atomic E-state index is 0.0436. The summed E-state index contributed by atoms with van der Waals surface area (Å²) in [6.45, 7) is 4.77. The maximum atomic E-state index is 3.84. The van der Waals surface area contributed by atoms with Crippen molar-refractivity contribution < 1.29 is 0 Å². The van der Waals surface area contributed by atoms with E-state index in [1.54, 1.807) is 0 Å². The first kappa shape index (κ1) is 25.6. The Kier molecular flexibility index (Phi) is 5.94. The van der Waals surface area contributed by atoms with Crippen LogP contribution in [0.5, 0.6) is 0 Å². The molecule has 0 fully saturated rings. The fourth-order valence-corrected chi connectivity index (χ4v) is 7.30. The van der Waals surface area contributed by atoms with Gasteiger partial charge in [0.1, 0.15) is 0 Å². The van der Waals surface area contributed by atoms with E-state index < -0.39 is 0 Å². The van der Waals surface area contributed by atoms with Gasteiger partial charge in [0, 0.05) is 22.4 Å². The van der Waals surface area contributed by atoms with E-state index in [9.17, 15) is 0 Å². The van der Waals surface area contributed by atoms with Crippen LogP contribution in [-0.2, 0) is 11.8 Å². The van der Waals surface area contributed by atoms with E-state index in [-0.39, 0.29) is 5.41 Å². The number of hydrogen-bond donors (Lipinski definition) is 1. The standard InChI is InChI=1S/C42H33N/c1-42(2)38-21-11-9-18-34(38)37-25-24-33-32(17-7-8-20-36(33)41(37)42)35-19-10-12-22-40(35)43-39-26-23-29-27-30(39)15-4-3-13-28-14-5-6-16-31(28)29/h3-19,21-27,43H,20H2,1-2H3/b13-3+,15-4-. The average Bonchev–Trinajstić information content (AvgIpc) is 3.14. The second-order valence-electron chi connectivity index (χ2n) is 12.2. The van der Waals surface area contributed by atoms with E-state index in [2.05, 4.69) is 165 Å². The van der Waals surface area contributed by atoms with Crippen LogP contribution in [0.4, 0.5) is 11.4 Å². The molecule has 0 heterocycles. The summed E-state index contributed by atoms with van der Waals surface area (Å²) in [5.41, 5.74) is 17.9. The van der Waals surface area contributed by atoms with Crippen molar-refractivity contribution in [2.24, 2.45) is 0 Å². The molecular weight excluding hydrogens is 518 g/mol. The molecule has 0 aliphatic heterocycles. The topological polar surface area (TPSA) is 12.0 Å². The third-order valence-electron chi connectivity index (χ3n) is 9.31. The van der Waals surface area contributed by atoms with Gasteiger partial charge in [-0.15, -0.1) is 0 Å². The molecule has 0 saturated carbocycles. The smallest absolute Gasteiger partial charge is 0.0464 e. The Morgan fingerprint density at radius 2 is 1.30 bits per heavy atom. The van der Waals surface area contributed by atoms with Crippen LogP contribution in [0.15, 0.2) is 134 Å². The molecule has 3 aliphatic rings. The van der Waals surface area contributed by atoms with Gasteiger partial charge in [-0.05, 0) is 85.8 Å². The summed E-state index contributed by atoms with van der Waals surface area (Å²) in [6, 6.07) is 37.7. The summed E-state index contributed by atoms with van der Waals surface area (Å²) in [5.74, 6) is 0. The molecule has 0 atom stereocenters. The Balaban J connectivity index is 1.23. The van der Waals surface area contributed by atoms with Crippen LogP contribution in [-0.4, -0.2) is 0 Å². The van der Waals surface area contributed by atoms with Crippen molar-refractivity contribution in [3.8, 4) is 22.3 Å². The molecule has 0 unspecified atom stereocenters. The summed E-state index contributed by atoms with van der Waals surface area (Å²) in [5, 5.41) is 3.84. The van der Waals surface area contributed by atoms with Crippen molar-refractivity contribution in [2.45, 2.75) is 25.7 Å². The van der Waals surface area contributed by atoms with Gasteiger partial charge in [0.15, 0.2) is 0 Å². The second kappa shape index (κ2) is 10.00. The van der Waals surface area contributed by atoms with Crippen LogP contribution in [0.25, 0.3) is 40.0 Å². The lowest BCUT2D eigenvalue weighted by Crippen LogP contribution is -2.18. The first-order chi connectivity index (χ1) is 21.1. The fourth-order valence-electron chi connectivity index (χ4n) is 7.30. The first-order valence-electron chi connectivity index (χ1n) is 15.2. The van der Waals surface area contributed by atoms with Crippen molar-refractivity contribution in [3.05, 3.63) is 172 Å². The van der Waals surface area contributed by atoms with Gasteiger partial charge in [0.25, 0.3) is 0 Å². The van der Waals surface area contributed by atoms with Gasteiger partial charge >= 0.3 is 0 Å². The summed E-state index contributed by atoms with van der Waals surface area (Å²) >= 11 is 0. The number of allylic oxidation sites excluding steroid dienone is 5. The van der Waals surface area contributed by atoms with Crippen LogP contribution < -0.4 is 5.32 Å². The third kappa shape index (κ3) is 4.15. The molecule has 2 bridgehead atoms. The lowest BCUT2D eigenvalue weighted by Gasteiger charge is -2.26. The van der Waals surface area contributed by atoms with Crippen molar-refractivity contribution in [1.82, 2.24) is 0 Å². The fraction of sp³-hybridized carbons (Fsp3) is 0.0952. The molecule has 5 aromatic carbocycles. The highest BCUT2D eigenvalue weighted by molar-refractivity contribution is 5.94. The lowest BCUT2D eigenvalue weighted by atomic mass is 9.77. The van der Waals surface area contributed by atoms with E-state index in [1.165, 1.54) is 66.8 Å². The van der Waals surface area contributed by atoms with Gasteiger partial charge in [-0.3, -0.25) is 0 Å². The number of para-hydroxylation sites is 1. The molecule has 0 aromatic heterocycles. The highest BCUT2D eigenvalue weighted by Gasteiger charge is 2.38. The number of nitrogens with one attached hydrogen (secondary N) is 1. The number of rotatable bonds is 3. The summed E-state index contributed by atoms with van der Waals surface area (Å²) < 4.78 is 0. The average molecular weight is 552 g/mol. The van der Waals surface area contributed by atoms with Gasteiger partial charge in [0.2, 0.25) is 0 Å². The maximum absolute atomic E-state index is 3.84.